The van der Waals surface area contributed by atoms with Crippen LogP contribution in [-0.2, 0) is 9.59 Å². The van der Waals surface area contributed by atoms with Crippen LogP contribution in [0.1, 0.15) is 53.9 Å². The molecule has 0 fully saturated rings. The maximum atomic E-state index is 12.0. The molecule has 0 aliphatic rings. The van der Waals surface area contributed by atoms with Crippen molar-refractivity contribution < 1.29 is 14.7 Å². The normalized spacial score (nSPS) is 15.9. The summed E-state index contributed by atoms with van der Waals surface area (Å²) < 4.78 is 0. The Kier molecular flexibility index (Phi) is 7.68. The van der Waals surface area contributed by atoms with E-state index in [1.165, 1.54) is 0 Å². The number of nitrogens with zero attached hydrogens (tertiary/aromatic N) is 1. The molecule has 0 saturated heterocycles. The number of carbonyl (C=O) groups excluding carboxylic acids is 1. The van der Waals surface area contributed by atoms with Crippen molar-refractivity contribution in [2.24, 2.45) is 23.6 Å². The molecular formula is C14H28N2O3. The number of rotatable bonds is 8. The molecule has 0 aliphatic carbocycles. The second-order valence-corrected chi connectivity index (χ2v) is 5.81. The average Bonchev–Trinajstić information content (AvgIpc) is 2.32. The highest BCUT2D eigenvalue weighted by Crippen LogP contribution is 2.24. The molecule has 3 atom stereocenters. The Morgan fingerprint density at radius 1 is 1.16 bits per heavy atom. The zero-order valence-corrected chi connectivity index (χ0v) is 12.7. The molecule has 0 aromatic heterocycles. The first-order valence-corrected chi connectivity index (χ1v) is 6.99. The van der Waals surface area contributed by atoms with Crippen LogP contribution in [0.25, 0.3) is 0 Å². The Morgan fingerprint density at radius 3 is 2.05 bits per heavy atom. The van der Waals surface area contributed by atoms with Crippen LogP contribution >= 0.6 is 0 Å². The lowest BCUT2D eigenvalue weighted by atomic mass is 9.85. The maximum absolute atomic E-state index is 12.0. The van der Waals surface area contributed by atoms with Crippen molar-refractivity contribution in [3.8, 4) is 0 Å². The number of hydrazine groups is 1. The first kappa shape index (κ1) is 17.9. The SMILES string of the molecule is CCC(C)C(C)C(CC(=O)O)N(N)C(=O)CC(C)C. The van der Waals surface area contributed by atoms with Gasteiger partial charge in [-0.25, -0.2) is 5.84 Å². The predicted molar refractivity (Wildman–Crippen MR) is 75.1 cm³/mol. The van der Waals surface area contributed by atoms with Gasteiger partial charge in [0.1, 0.15) is 0 Å². The fourth-order valence-corrected chi connectivity index (χ4v) is 2.11. The monoisotopic (exact) mass is 272 g/mol. The van der Waals surface area contributed by atoms with Crippen molar-refractivity contribution in [3.63, 3.8) is 0 Å². The lowest BCUT2D eigenvalue weighted by Crippen LogP contribution is -2.51. The average molecular weight is 272 g/mol. The van der Waals surface area contributed by atoms with E-state index in [2.05, 4.69) is 13.8 Å². The van der Waals surface area contributed by atoms with E-state index in [4.69, 9.17) is 10.9 Å². The van der Waals surface area contributed by atoms with E-state index in [1.807, 2.05) is 20.8 Å². The van der Waals surface area contributed by atoms with Crippen molar-refractivity contribution in [2.45, 2.75) is 59.9 Å². The molecule has 0 radical (unpaired) electrons. The number of carboxylic acid groups (broad SMARTS) is 1. The summed E-state index contributed by atoms with van der Waals surface area (Å²) in [6.07, 6.45) is 1.18. The van der Waals surface area contributed by atoms with Gasteiger partial charge in [0.15, 0.2) is 0 Å². The van der Waals surface area contributed by atoms with E-state index in [9.17, 15) is 9.59 Å². The summed E-state index contributed by atoms with van der Waals surface area (Å²) in [6.45, 7) is 9.95. The van der Waals surface area contributed by atoms with Crippen molar-refractivity contribution in [1.29, 1.82) is 0 Å². The standard InChI is InChI=1S/C14H28N2O3/c1-6-10(4)11(5)12(8-14(18)19)16(15)13(17)7-9(2)3/h9-12H,6-8,15H2,1-5H3,(H,18,19). The Hall–Kier alpha value is -1.10. The Labute approximate surface area is 116 Å². The minimum atomic E-state index is -0.923. The van der Waals surface area contributed by atoms with Gasteiger partial charge in [-0.05, 0) is 17.8 Å². The van der Waals surface area contributed by atoms with Crippen LogP contribution in [0.15, 0.2) is 0 Å². The molecule has 112 valence electrons. The molecule has 0 bridgehead atoms. The summed E-state index contributed by atoms with van der Waals surface area (Å²) in [7, 11) is 0. The molecule has 19 heavy (non-hydrogen) atoms. The predicted octanol–water partition coefficient (Wildman–Crippen LogP) is 2.26. The quantitative estimate of drug-likeness (QED) is 0.403. The van der Waals surface area contributed by atoms with Crippen molar-refractivity contribution in [1.82, 2.24) is 5.01 Å². The fourth-order valence-electron chi connectivity index (χ4n) is 2.11. The first-order valence-electron chi connectivity index (χ1n) is 6.99. The molecular weight excluding hydrogens is 244 g/mol. The zero-order valence-electron chi connectivity index (χ0n) is 12.7. The third-order valence-corrected chi connectivity index (χ3v) is 3.76. The number of carbonyl (C=O) groups is 2. The van der Waals surface area contributed by atoms with Crippen LogP contribution in [0.5, 0.6) is 0 Å². The van der Waals surface area contributed by atoms with Gasteiger partial charge in [0.05, 0.1) is 12.5 Å². The van der Waals surface area contributed by atoms with Crippen molar-refractivity contribution in [2.75, 3.05) is 0 Å². The highest BCUT2D eigenvalue weighted by atomic mass is 16.4. The van der Waals surface area contributed by atoms with Crippen LogP contribution in [0.4, 0.5) is 0 Å². The number of hydrogen-bond acceptors (Lipinski definition) is 3. The largest absolute Gasteiger partial charge is 0.481 e. The van der Waals surface area contributed by atoms with Crippen LogP contribution in [0.3, 0.4) is 0 Å². The lowest BCUT2D eigenvalue weighted by Gasteiger charge is -2.34. The van der Waals surface area contributed by atoms with Crippen molar-refractivity contribution >= 4 is 11.9 Å². The molecule has 0 heterocycles. The first-order chi connectivity index (χ1) is 8.70. The van der Waals surface area contributed by atoms with E-state index in [0.29, 0.717) is 12.3 Å². The maximum Gasteiger partial charge on any atom is 0.305 e. The molecule has 0 rings (SSSR count). The van der Waals surface area contributed by atoms with Gasteiger partial charge >= 0.3 is 5.97 Å². The molecule has 0 aliphatic heterocycles. The third-order valence-electron chi connectivity index (χ3n) is 3.76. The minimum absolute atomic E-state index is 0.0576. The summed E-state index contributed by atoms with van der Waals surface area (Å²) in [4.78, 5) is 23.0. The zero-order chi connectivity index (χ0) is 15.2. The van der Waals surface area contributed by atoms with Gasteiger partial charge in [0, 0.05) is 6.42 Å². The Morgan fingerprint density at radius 2 is 1.68 bits per heavy atom. The summed E-state index contributed by atoms with van der Waals surface area (Å²) in [5.74, 6) is 5.36. The van der Waals surface area contributed by atoms with Gasteiger partial charge in [-0.3, -0.25) is 14.6 Å². The fraction of sp³-hybridized carbons (Fsp3) is 0.857. The summed E-state index contributed by atoms with van der Waals surface area (Å²) in [5.41, 5.74) is 0. The van der Waals surface area contributed by atoms with E-state index in [-0.39, 0.29) is 24.2 Å². The van der Waals surface area contributed by atoms with Gasteiger partial charge < -0.3 is 5.11 Å². The molecule has 5 heteroatoms. The van der Waals surface area contributed by atoms with E-state index < -0.39 is 12.0 Å². The van der Waals surface area contributed by atoms with Crippen molar-refractivity contribution in [3.05, 3.63) is 0 Å². The van der Waals surface area contributed by atoms with Crippen LogP contribution in [-0.4, -0.2) is 28.0 Å². The highest BCUT2D eigenvalue weighted by Gasteiger charge is 2.31. The lowest BCUT2D eigenvalue weighted by molar-refractivity contribution is -0.143. The molecule has 5 nitrogen and oxygen atoms in total. The molecule has 0 aromatic carbocycles. The topological polar surface area (TPSA) is 83.6 Å². The number of carboxylic acids is 1. The molecule has 0 aromatic rings. The molecule has 3 unspecified atom stereocenters. The number of amides is 1. The van der Waals surface area contributed by atoms with E-state index in [0.717, 1.165) is 11.4 Å². The summed E-state index contributed by atoms with van der Waals surface area (Å²) in [5, 5.41) is 10.2. The molecule has 3 N–H and O–H groups in total. The molecule has 0 saturated carbocycles. The van der Waals surface area contributed by atoms with Gasteiger partial charge in [-0.2, -0.15) is 0 Å². The van der Waals surface area contributed by atoms with Gasteiger partial charge in [-0.15, -0.1) is 0 Å². The molecule has 0 spiro atoms. The molecule has 1 amide bonds. The van der Waals surface area contributed by atoms with E-state index in [1.54, 1.807) is 0 Å². The van der Waals surface area contributed by atoms with Gasteiger partial charge in [-0.1, -0.05) is 41.0 Å². The Bertz CT molecular complexity index is 305. The van der Waals surface area contributed by atoms with Crippen LogP contribution < -0.4 is 5.84 Å². The smallest absolute Gasteiger partial charge is 0.305 e. The van der Waals surface area contributed by atoms with Gasteiger partial charge in [0.2, 0.25) is 5.91 Å². The number of hydrogen-bond donors (Lipinski definition) is 2. The Balaban J connectivity index is 4.92. The van der Waals surface area contributed by atoms with Crippen LogP contribution in [0.2, 0.25) is 0 Å². The third kappa shape index (κ3) is 6.05. The van der Waals surface area contributed by atoms with Crippen LogP contribution in [0, 0.1) is 17.8 Å². The van der Waals surface area contributed by atoms with E-state index >= 15 is 0 Å². The number of aliphatic carboxylic acids is 1. The minimum Gasteiger partial charge on any atom is -0.481 e. The summed E-state index contributed by atoms with van der Waals surface area (Å²) in [6, 6.07) is -0.446. The van der Waals surface area contributed by atoms with Gasteiger partial charge in [0.25, 0.3) is 0 Å². The summed E-state index contributed by atoms with van der Waals surface area (Å²) >= 11 is 0. The second-order valence-electron chi connectivity index (χ2n) is 5.81. The second kappa shape index (κ2) is 8.15. The highest BCUT2D eigenvalue weighted by molar-refractivity contribution is 5.77. The number of nitrogens with two attached hydrogens (primary N) is 1.